The van der Waals surface area contributed by atoms with Gasteiger partial charge in [0.05, 0.1) is 10.6 Å². The number of carbonyl (C=O) groups excluding carboxylic acids is 2. The molecule has 0 radical (unpaired) electrons. The van der Waals surface area contributed by atoms with E-state index in [1.165, 1.54) is 29.2 Å². The largest absolute Gasteiger partial charge is 0.355 e. The van der Waals surface area contributed by atoms with E-state index in [0.717, 1.165) is 25.5 Å². The smallest absolute Gasteiger partial charge is 0.264 e. The Morgan fingerprint density at radius 2 is 1.56 bits per heavy atom. The Bertz CT molecular complexity index is 1650. The van der Waals surface area contributed by atoms with Crippen molar-refractivity contribution in [3.05, 3.63) is 129 Å². The molecule has 0 saturated heterocycles. The molecule has 1 N–H and O–H groups in total. The Morgan fingerprint density at radius 3 is 2.19 bits per heavy atom. The van der Waals surface area contributed by atoms with Crippen LogP contribution in [0, 0.1) is 6.92 Å². The van der Waals surface area contributed by atoms with E-state index in [9.17, 15) is 18.0 Å². The zero-order valence-electron chi connectivity index (χ0n) is 23.9. The van der Waals surface area contributed by atoms with Gasteiger partial charge in [-0.15, -0.1) is 0 Å². The molecule has 224 valence electrons. The van der Waals surface area contributed by atoms with Gasteiger partial charge in [-0.2, -0.15) is 0 Å². The van der Waals surface area contributed by atoms with Gasteiger partial charge in [-0.25, -0.2) is 8.42 Å². The highest BCUT2D eigenvalue weighted by atomic mass is 79.9. The topological polar surface area (TPSA) is 86.8 Å². The Balaban J connectivity index is 1.79. The highest BCUT2D eigenvalue weighted by Crippen LogP contribution is 2.27. The van der Waals surface area contributed by atoms with Crippen molar-refractivity contribution >= 4 is 55.1 Å². The Hall–Kier alpha value is -3.66. The highest BCUT2D eigenvalue weighted by Gasteiger charge is 2.34. The van der Waals surface area contributed by atoms with Gasteiger partial charge in [-0.05, 0) is 79.1 Å². The summed E-state index contributed by atoms with van der Waals surface area (Å²) in [5.74, 6) is -0.839. The maximum atomic E-state index is 14.4. The molecule has 0 fully saturated rings. The number of anilines is 1. The zero-order chi connectivity index (χ0) is 31.0. The second-order valence-electron chi connectivity index (χ2n) is 10.1. The van der Waals surface area contributed by atoms with Crippen LogP contribution in [0.15, 0.2) is 112 Å². The number of benzene rings is 4. The van der Waals surface area contributed by atoms with E-state index >= 15 is 0 Å². The third-order valence-electron chi connectivity index (χ3n) is 6.86. The molecule has 2 amide bonds. The summed E-state index contributed by atoms with van der Waals surface area (Å²) < 4.78 is 30.0. The number of hydrogen-bond acceptors (Lipinski definition) is 4. The molecule has 4 rings (SSSR count). The number of halogens is 2. The predicted octanol–water partition coefficient (Wildman–Crippen LogP) is 6.38. The van der Waals surface area contributed by atoms with Crippen molar-refractivity contribution < 1.29 is 18.0 Å². The van der Waals surface area contributed by atoms with Crippen molar-refractivity contribution in [1.82, 2.24) is 10.2 Å². The maximum Gasteiger partial charge on any atom is 0.264 e. The van der Waals surface area contributed by atoms with Gasteiger partial charge in [0.2, 0.25) is 11.8 Å². The molecule has 0 aromatic heterocycles. The number of amides is 2. The van der Waals surface area contributed by atoms with Gasteiger partial charge in [0, 0.05) is 29.0 Å². The summed E-state index contributed by atoms with van der Waals surface area (Å²) in [6, 6.07) is 28.8. The van der Waals surface area contributed by atoms with Crippen molar-refractivity contribution in [2.75, 3.05) is 17.4 Å². The number of nitrogens with one attached hydrogen (secondary N) is 1. The van der Waals surface area contributed by atoms with Crippen LogP contribution in [0.3, 0.4) is 0 Å². The molecule has 0 bridgehead atoms. The molecule has 1 atom stereocenters. The van der Waals surface area contributed by atoms with E-state index < -0.39 is 28.5 Å². The summed E-state index contributed by atoms with van der Waals surface area (Å²) in [4.78, 5) is 29.4. The van der Waals surface area contributed by atoms with Gasteiger partial charge >= 0.3 is 0 Å². The fourth-order valence-electron chi connectivity index (χ4n) is 4.68. The van der Waals surface area contributed by atoms with Gasteiger partial charge < -0.3 is 10.2 Å². The van der Waals surface area contributed by atoms with Gasteiger partial charge in [0.15, 0.2) is 0 Å². The van der Waals surface area contributed by atoms with Crippen LogP contribution in [0.4, 0.5) is 5.69 Å². The number of sulfonamides is 1. The SMILES string of the molecule is CCNC(=O)C(Cc1ccccc1)N(Cc1ccc(Br)cc1)C(=O)CN(c1cccc(C)c1)S(=O)(=O)c1ccc(Cl)cc1. The number of nitrogens with zero attached hydrogens (tertiary/aromatic N) is 2. The van der Waals surface area contributed by atoms with Crippen LogP contribution < -0.4 is 9.62 Å². The van der Waals surface area contributed by atoms with E-state index in [1.54, 1.807) is 18.2 Å². The molecule has 0 aliphatic heterocycles. The van der Waals surface area contributed by atoms with Crippen LogP contribution in [0.2, 0.25) is 5.02 Å². The quantitative estimate of drug-likeness (QED) is 0.188. The first-order valence-electron chi connectivity index (χ1n) is 13.8. The van der Waals surface area contributed by atoms with Crippen molar-refractivity contribution in [2.45, 2.75) is 37.8 Å². The van der Waals surface area contributed by atoms with Crippen LogP contribution >= 0.6 is 27.5 Å². The first kappa shape index (κ1) is 32.3. The minimum absolute atomic E-state index is 0.00442. The molecule has 7 nitrogen and oxygen atoms in total. The summed E-state index contributed by atoms with van der Waals surface area (Å²) in [5.41, 5.74) is 2.83. The number of likely N-dealkylation sites (N-methyl/N-ethyl adjacent to an activating group) is 1. The molecule has 1 unspecified atom stereocenters. The molecule has 4 aromatic rings. The average Bonchev–Trinajstić information content (AvgIpc) is 2.99. The molecule has 0 aliphatic rings. The minimum Gasteiger partial charge on any atom is -0.355 e. The third-order valence-corrected chi connectivity index (χ3v) is 9.43. The molecule has 0 saturated carbocycles. The van der Waals surface area contributed by atoms with Crippen molar-refractivity contribution in [1.29, 1.82) is 0 Å². The lowest BCUT2D eigenvalue weighted by Crippen LogP contribution is -2.53. The lowest BCUT2D eigenvalue weighted by Gasteiger charge is -2.34. The second kappa shape index (κ2) is 14.7. The standard InChI is InChI=1S/C33H33BrClN3O4S/c1-3-36-33(40)31(21-25-9-5-4-6-10-25)37(22-26-12-14-27(34)15-13-26)32(39)23-38(29-11-7-8-24(2)20-29)43(41,42)30-18-16-28(35)17-19-30/h4-20,31H,3,21-23H2,1-2H3,(H,36,40). The van der Waals surface area contributed by atoms with Gasteiger partial charge in [0.1, 0.15) is 12.6 Å². The molecular weight excluding hydrogens is 650 g/mol. The monoisotopic (exact) mass is 681 g/mol. The lowest BCUT2D eigenvalue weighted by atomic mass is 10.0. The molecule has 4 aromatic carbocycles. The minimum atomic E-state index is -4.19. The summed E-state index contributed by atoms with van der Waals surface area (Å²) in [6.07, 6.45) is 0.253. The number of carbonyl (C=O) groups is 2. The van der Waals surface area contributed by atoms with Crippen molar-refractivity contribution in [3.63, 3.8) is 0 Å². The van der Waals surface area contributed by atoms with Crippen LogP contribution in [-0.2, 0) is 32.6 Å². The van der Waals surface area contributed by atoms with Crippen LogP contribution in [0.5, 0.6) is 0 Å². The van der Waals surface area contributed by atoms with E-state index in [1.807, 2.05) is 74.5 Å². The van der Waals surface area contributed by atoms with Gasteiger partial charge in [-0.1, -0.05) is 82.1 Å². The van der Waals surface area contributed by atoms with E-state index in [2.05, 4.69) is 21.2 Å². The van der Waals surface area contributed by atoms with Crippen LogP contribution in [-0.4, -0.2) is 44.3 Å². The first-order valence-corrected chi connectivity index (χ1v) is 16.4. The second-order valence-corrected chi connectivity index (χ2v) is 13.3. The molecule has 10 heteroatoms. The Morgan fingerprint density at radius 1 is 0.884 bits per heavy atom. The normalized spacial score (nSPS) is 11.9. The number of hydrogen-bond donors (Lipinski definition) is 1. The molecule has 0 heterocycles. The van der Waals surface area contributed by atoms with Crippen LogP contribution in [0.25, 0.3) is 0 Å². The van der Waals surface area contributed by atoms with Crippen molar-refractivity contribution in [3.8, 4) is 0 Å². The first-order chi connectivity index (χ1) is 20.6. The molecule has 0 spiro atoms. The van der Waals surface area contributed by atoms with Crippen molar-refractivity contribution in [2.24, 2.45) is 0 Å². The van der Waals surface area contributed by atoms with E-state index in [4.69, 9.17) is 11.6 Å². The van der Waals surface area contributed by atoms with Gasteiger partial charge in [0.25, 0.3) is 10.0 Å². The summed E-state index contributed by atoms with van der Waals surface area (Å²) >= 11 is 9.48. The molecule has 0 aliphatic carbocycles. The number of aryl methyl sites for hydroxylation is 1. The molecule has 43 heavy (non-hydrogen) atoms. The van der Waals surface area contributed by atoms with Crippen LogP contribution in [0.1, 0.15) is 23.6 Å². The fourth-order valence-corrected chi connectivity index (χ4v) is 6.47. The van der Waals surface area contributed by atoms with E-state index in [0.29, 0.717) is 17.3 Å². The predicted molar refractivity (Wildman–Crippen MR) is 174 cm³/mol. The van der Waals surface area contributed by atoms with E-state index in [-0.39, 0.29) is 23.8 Å². The third kappa shape index (κ3) is 8.46. The summed E-state index contributed by atoms with van der Waals surface area (Å²) in [7, 11) is -4.19. The maximum absolute atomic E-state index is 14.4. The Labute approximate surface area is 266 Å². The zero-order valence-corrected chi connectivity index (χ0v) is 27.1. The average molecular weight is 683 g/mol. The highest BCUT2D eigenvalue weighted by molar-refractivity contribution is 9.10. The number of rotatable bonds is 12. The fraction of sp³-hybridized carbons (Fsp3) is 0.212. The summed E-state index contributed by atoms with van der Waals surface area (Å²) in [6.45, 7) is 3.63. The molecular formula is C33H33BrClN3O4S. The summed E-state index contributed by atoms with van der Waals surface area (Å²) in [5, 5.41) is 3.26. The Kier molecular flexibility index (Phi) is 11.0. The van der Waals surface area contributed by atoms with Gasteiger partial charge in [-0.3, -0.25) is 13.9 Å². The lowest BCUT2D eigenvalue weighted by molar-refractivity contribution is -0.140.